The zero-order valence-electron chi connectivity index (χ0n) is 19.1. The van der Waals surface area contributed by atoms with Crippen molar-refractivity contribution in [1.29, 1.82) is 0 Å². The average molecular weight is 728 g/mol. The van der Waals surface area contributed by atoms with Crippen LogP contribution in [0.25, 0.3) is 0 Å². The summed E-state index contributed by atoms with van der Waals surface area (Å²) < 4.78 is 349. The van der Waals surface area contributed by atoms with Crippen LogP contribution in [0.5, 0.6) is 0 Å². The molecule has 0 aromatic heterocycles. The second kappa shape index (κ2) is 10.2. The largest absolute Gasteiger partial charge is 0.435 e. The molecule has 1 unspecified atom stereocenters. The van der Waals surface area contributed by atoms with Gasteiger partial charge in [-0.1, -0.05) is 0 Å². The predicted octanol–water partition coefficient (Wildman–Crippen LogP) is 9.68. The van der Waals surface area contributed by atoms with Crippen LogP contribution in [-0.4, -0.2) is 70.6 Å². The van der Waals surface area contributed by atoms with Crippen LogP contribution < -0.4 is 0 Å². The van der Waals surface area contributed by atoms with Crippen LogP contribution in [0, 0.1) is 0 Å². The van der Waals surface area contributed by atoms with Crippen molar-refractivity contribution in [3.05, 3.63) is 0 Å². The fraction of sp³-hybridized carbons (Fsp3) is 1.00. The van der Waals surface area contributed by atoms with Crippen molar-refractivity contribution in [3.8, 4) is 0 Å². The monoisotopic (exact) mass is 728 g/mol. The Bertz CT molecular complexity index is 1070. The summed E-state index contributed by atoms with van der Waals surface area (Å²) in [5.74, 6) is -97.7. The van der Waals surface area contributed by atoms with Gasteiger partial charge < -0.3 is 0 Å². The first-order valence-electron chi connectivity index (χ1n) is 9.18. The summed E-state index contributed by atoms with van der Waals surface area (Å²) >= 11 is 0. The molecule has 43 heavy (non-hydrogen) atoms. The summed E-state index contributed by atoms with van der Waals surface area (Å²) in [5.41, 5.74) is 0. The van der Waals surface area contributed by atoms with E-state index in [1.807, 2.05) is 0 Å². The molecule has 260 valence electrons. The maximum atomic E-state index is 14.0. The third-order valence-electron chi connectivity index (χ3n) is 5.37. The van der Waals surface area contributed by atoms with Crippen LogP contribution >= 0.6 is 7.60 Å². The molecule has 0 N–H and O–H groups in total. The number of halogens is 25. The van der Waals surface area contributed by atoms with Crippen molar-refractivity contribution < 1.29 is 124 Å². The molecule has 0 fully saturated rings. The van der Waals surface area contributed by atoms with Crippen LogP contribution in [0.15, 0.2) is 0 Å². The van der Waals surface area contributed by atoms with Gasteiger partial charge in [0.15, 0.2) is 0 Å². The molecule has 0 spiro atoms. The SMILES string of the molecule is CC(F)(F)C(F)(F)C(F)(F)C(F)(F)C(F)(F)C(F)(F)C(F)(F)C(F)(F)C(F)(F)C(F)(F)C(F)(F)C(C)(F)P(=O)(OF)OF. The lowest BCUT2D eigenvalue weighted by Crippen LogP contribution is -2.78. The predicted molar refractivity (Wildman–Crippen MR) is 81.6 cm³/mol. The fourth-order valence-corrected chi connectivity index (χ4v) is 3.22. The molecule has 0 aromatic rings. The summed E-state index contributed by atoms with van der Waals surface area (Å²) in [6, 6.07) is 0. The van der Waals surface area contributed by atoms with E-state index in [1.165, 1.54) is 9.46 Å². The minimum Gasteiger partial charge on any atom is -0.251 e. The van der Waals surface area contributed by atoms with Gasteiger partial charge in [0, 0.05) is 6.92 Å². The molecule has 0 bridgehead atoms. The van der Waals surface area contributed by atoms with Crippen molar-refractivity contribution in [2.45, 2.75) is 84.4 Å². The van der Waals surface area contributed by atoms with Crippen LogP contribution in [0.4, 0.5) is 110 Å². The van der Waals surface area contributed by atoms with Crippen molar-refractivity contribution in [2.75, 3.05) is 0 Å². The van der Waals surface area contributed by atoms with Gasteiger partial charge in [-0.2, -0.15) is 96.6 Å². The second-order valence-corrected chi connectivity index (χ2v) is 10.3. The van der Waals surface area contributed by atoms with Crippen molar-refractivity contribution in [3.63, 3.8) is 0 Å². The van der Waals surface area contributed by atoms with Gasteiger partial charge in [-0.25, -0.2) is 4.39 Å². The molecule has 0 heterocycles. The maximum Gasteiger partial charge on any atom is 0.435 e. The van der Waals surface area contributed by atoms with Crippen LogP contribution in [0.3, 0.4) is 0 Å². The molecule has 0 radical (unpaired) electrons. The average Bonchev–Trinajstić information content (AvgIpc) is 2.81. The van der Waals surface area contributed by atoms with Crippen molar-refractivity contribution >= 4 is 7.60 Å². The van der Waals surface area contributed by atoms with Gasteiger partial charge in [-0.15, -0.1) is 9.46 Å². The normalized spacial score (nSPS) is 18.1. The van der Waals surface area contributed by atoms with Gasteiger partial charge in [-0.05, 0) is 16.0 Å². The first-order chi connectivity index (χ1) is 18.1. The quantitative estimate of drug-likeness (QED) is 0.132. The molecule has 29 heteroatoms. The molecule has 0 amide bonds. The summed E-state index contributed by atoms with van der Waals surface area (Å²) in [6.07, 6.45) is 0. The van der Waals surface area contributed by atoms with Gasteiger partial charge in [0.05, 0.1) is 0 Å². The molecular formula is C14H6F25O3P. The highest BCUT2D eigenvalue weighted by Crippen LogP contribution is 2.72. The molecule has 0 aromatic carbocycles. The van der Waals surface area contributed by atoms with Gasteiger partial charge >= 0.3 is 72.7 Å². The lowest BCUT2D eigenvalue weighted by Gasteiger charge is -2.46. The zero-order valence-corrected chi connectivity index (χ0v) is 20.0. The fourth-order valence-electron chi connectivity index (χ4n) is 2.45. The molecule has 0 aliphatic carbocycles. The number of hydrogen-bond donors (Lipinski definition) is 0. The van der Waals surface area contributed by atoms with E-state index in [0.717, 1.165) is 0 Å². The van der Waals surface area contributed by atoms with Crippen molar-refractivity contribution in [2.24, 2.45) is 0 Å². The maximum absolute atomic E-state index is 14.0. The molecule has 0 saturated heterocycles. The highest BCUT2D eigenvalue weighted by atomic mass is 31.2. The van der Waals surface area contributed by atoms with E-state index >= 15 is 0 Å². The van der Waals surface area contributed by atoms with Gasteiger partial charge in [0.1, 0.15) is 0 Å². The Morgan fingerprint density at radius 2 is 0.512 bits per heavy atom. The van der Waals surface area contributed by atoms with E-state index in [9.17, 15) is 115 Å². The highest BCUT2D eigenvalue weighted by molar-refractivity contribution is 7.55. The summed E-state index contributed by atoms with van der Waals surface area (Å²) in [5, 5.41) is -6.83. The van der Waals surface area contributed by atoms with E-state index in [4.69, 9.17) is 0 Å². The first kappa shape index (κ1) is 41.4. The molecule has 0 saturated carbocycles. The Morgan fingerprint density at radius 1 is 0.349 bits per heavy atom. The Balaban J connectivity index is 7.49. The molecule has 0 rings (SSSR count). The standard InChI is InChI=1S/C14H6F25O3P/c1-3(15,16)5(18,19)7(22,23)9(26,27)11(30,31)13(34,35)14(36,37)12(32,33)10(28,29)8(24,25)6(20,21)4(2,17)43(40,41-38)42-39/h1-2H3. The Hall–Kier alpha value is -1.60. The summed E-state index contributed by atoms with van der Waals surface area (Å²) in [7, 11) is -7.97. The smallest absolute Gasteiger partial charge is 0.251 e. The molecule has 0 aliphatic rings. The van der Waals surface area contributed by atoms with Crippen molar-refractivity contribution in [1.82, 2.24) is 0 Å². The van der Waals surface area contributed by atoms with Crippen LogP contribution in [-0.2, 0) is 14.0 Å². The zero-order chi connectivity index (χ0) is 35.9. The Morgan fingerprint density at radius 3 is 0.674 bits per heavy atom. The number of rotatable bonds is 14. The van der Waals surface area contributed by atoms with E-state index in [0.29, 0.717) is 0 Å². The molecule has 0 aliphatic heterocycles. The van der Waals surface area contributed by atoms with E-state index in [1.54, 1.807) is 0 Å². The molecule has 1 atom stereocenters. The lowest BCUT2D eigenvalue weighted by atomic mass is 9.84. The summed E-state index contributed by atoms with van der Waals surface area (Å²) in [6.45, 7) is -3.19. The minimum absolute atomic E-state index is 1.52. The first-order valence-corrected chi connectivity index (χ1v) is 10.7. The second-order valence-electron chi connectivity index (χ2n) is 8.22. The number of alkyl halides is 23. The summed E-state index contributed by atoms with van der Waals surface area (Å²) in [4.78, 5) is 0. The Labute approximate surface area is 217 Å². The minimum atomic E-state index is -9.61. The van der Waals surface area contributed by atoms with E-state index in [-0.39, 0.29) is 0 Å². The third kappa shape index (κ3) is 4.72. The van der Waals surface area contributed by atoms with E-state index in [2.05, 4.69) is 0 Å². The van der Waals surface area contributed by atoms with Gasteiger partial charge in [0.25, 0.3) is 5.41 Å². The lowest BCUT2D eigenvalue weighted by molar-refractivity contribution is -0.475. The topological polar surface area (TPSA) is 35.5 Å². The Kier molecular flexibility index (Phi) is 9.82. The van der Waals surface area contributed by atoms with Gasteiger partial charge in [-0.3, -0.25) is 4.57 Å². The van der Waals surface area contributed by atoms with Gasteiger partial charge in [0.2, 0.25) is 0 Å². The van der Waals surface area contributed by atoms with Crippen LogP contribution in [0.2, 0.25) is 0 Å². The van der Waals surface area contributed by atoms with Crippen LogP contribution in [0.1, 0.15) is 13.8 Å². The molecular weight excluding hydrogens is 722 g/mol. The third-order valence-corrected chi connectivity index (χ3v) is 7.04. The van der Waals surface area contributed by atoms with E-state index < -0.39 is 92.0 Å². The molecule has 3 nitrogen and oxygen atoms in total. The number of hydrogen-bond acceptors (Lipinski definition) is 3. The highest BCUT2D eigenvalue weighted by Gasteiger charge is 2.99.